The topological polar surface area (TPSA) is 30.0 Å². The minimum Gasteiger partial charge on any atom is -0.294 e. The van der Waals surface area contributed by atoms with E-state index in [4.69, 9.17) is 0 Å². The van der Waals surface area contributed by atoms with Gasteiger partial charge < -0.3 is 0 Å². The van der Waals surface area contributed by atoms with Gasteiger partial charge in [0.25, 0.3) is 0 Å². The number of aromatic nitrogens is 1. The minimum atomic E-state index is 0.216. The van der Waals surface area contributed by atoms with Crippen LogP contribution in [0.25, 0.3) is 0 Å². The van der Waals surface area contributed by atoms with E-state index < -0.39 is 0 Å². The first kappa shape index (κ1) is 10.9. The number of nitrogens with zero attached hydrogens (tertiary/aromatic N) is 1. The van der Waals surface area contributed by atoms with Gasteiger partial charge in [-0.05, 0) is 31.9 Å². The first-order valence-corrected chi connectivity index (χ1v) is 4.97. The Morgan fingerprint density at radius 1 is 1.29 bits per heavy atom. The summed E-state index contributed by atoms with van der Waals surface area (Å²) < 4.78 is 0. The SMILES string of the molecule is Cc1cc(C(=O)CC(C)C)cc(C)n1. The Hall–Kier alpha value is -1.18. The molecule has 0 atom stereocenters. The lowest BCUT2D eigenvalue weighted by Gasteiger charge is -2.05. The van der Waals surface area contributed by atoms with E-state index in [1.807, 2.05) is 26.0 Å². The van der Waals surface area contributed by atoms with Crippen LogP contribution in [0.3, 0.4) is 0 Å². The summed E-state index contributed by atoms with van der Waals surface area (Å²) in [6.45, 7) is 7.94. The van der Waals surface area contributed by atoms with Crippen molar-refractivity contribution in [3.05, 3.63) is 29.1 Å². The van der Waals surface area contributed by atoms with Crippen LogP contribution in [0.2, 0.25) is 0 Å². The molecule has 0 unspecified atom stereocenters. The van der Waals surface area contributed by atoms with E-state index in [9.17, 15) is 4.79 Å². The number of rotatable bonds is 3. The Bertz CT molecular complexity index is 322. The van der Waals surface area contributed by atoms with Crippen molar-refractivity contribution in [3.63, 3.8) is 0 Å². The van der Waals surface area contributed by atoms with Crippen molar-refractivity contribution in [2.75, 3.05) is 0 Å². The number of carbonyl (C=O) groups is 1. The summed E-state index contributed by atoms with van der Waals surface area (Å²) in [5.41, 5.74) is 2.62. The average molecular weight is 191 g/mol. The highest BCUT2D eigenvalue weighted by Gasteiger charge is 2.09. The van der Waals surface area contributed by atoms with Gasteiger partial charge in [-0.25, -0.2) is 0 Å². The van der Waals surface area contributed by atoms with Crippen LogP contribution in [0.4, 0.5) is 0 Å². The lowest BCUT2D eigenvalue weighted by Crippen LogP contribution is -2.05. The smallest absolute Gasteiger partial charge is 0.163 e. The highest BCUT2D eigenvalue weighted by molar-refractivity contribution is 5.96. The van der Waals surface area contributed by atoms with Crippen LogP contribution in [0.5, 0.6) is 0 Å². The standard InChI is InChI=1S/C12H17NO/c1-8(2)5-12(14)11-6-9(3)13-10(4)7-11/h6-8H,5H2,1-4H3. The third kappa shape index (κ3) is 2.95. The number of pyridine rings is 1. The van der Waals surface area contributed by atoms with E-state index in [1.54, 1.807) is 0 Å². The van der Waals surface area contributed by atoms with Gasteiger partial charge in [0.1, 0.15) is 0 Å². The maximum atomic E-state index is 11.7. The molecule has 2 nitrogen and oxygen atoms in total. The molecule has 0 aromatic carbocycles. The first-order chi connectivity index (χ1) is 6.49. The predicted octanol–water partition coefficient (Wildman–Crippen LogP) is 2.93. The largest absolute Gasteiger partial charge is 0.294 e. The lowest BCUT2D eigenvalue weighted by atomic mass is 10.0. The van der Waals surface area contributed by atoms with E-state index in [2.05, 4.69) is 18.8 Å². The number of hydrogen-bond acceptors (Lipinski definition) is 2. The van der Waals surface area contributed by atoms with E-state index in [-0.39, 0.29) is 5.78 Å². The molecule has 14 heavy (non-hydrogen) atoms. The van der Waals surface area contributed by atoms with Gasteiger partial charge >= 0.3 is 0 Å². The Morgan fingerprint density at radius 2 is 1.79 bits per heavy atom. The molecule has 0 bridgehead atoms. The van der Waals surface area contributed by atoms with E-state index in [0.717, 1.165) is 17.0 Å². The minimum absolute atomic E-state index is 0.216. The molecule has 1 aromatic rings. The summed E-state index contributed by atoms with van der Waals surface area (Å²) in [5.74, 6) is 0.630. The van der Waals surface area contributed by atoms with Crippen molar-refractivity contribution in [2.45, 2.75) is 34.1 Å². The highest BCUT2D eigenvalue weighted by Crippen LogP contribution is 2.11. The molecule has 0 aliphatic rings. The summed E-state index contributed by atoms with van der Waals surface area (Å²) in [6, 6.07) is 3.72. The zero-order valence-electron chi connectivity index (χ0n) is 9.29. The number of ketones is 1. The lowest BCUT2D eigenvalue weighted by molar-refractivity contribution is 0.0967. The second-order valence-corrected chi connectivity index (χ2v) is 4.16. The fourth-order valence-electron chi connectivity index (χ4n) is 1.48. The Morgan fingerprint density at radius 3 is 2.21 bits per heavy atom. The third-order valence-corrected chi connectivity index (χ3v) is 2.00. The Labute approximate surface area is 85.4 Å². The summed E-state index contributed by atoms with van der Waals surface area (Å²) in [5, 5.41) is 0. The van der Waals surface area contributed by atoms with Gasteiger partial charge in [0, 0.05) is 23.4 Å². The molecule has 1 heterocycles. The summed E-state index contributed by atoms with van der Waals surface area (Å²) in [6.07, 6.45) is 0.614. The second kappa shape index (κ2) is 4.36. The zero-order chi connectivity index (χ0) is 10.7. The van der Waals surface area contributed by atoms with Crippen LogP contribution in [0, 0.1) is 19.8 Å². The molecule has 0 aliphatic heterocycles. The molecule has 0 amide bonds. The van der Waals surface area contributed by atoms with Crippen LogP contribution in [0.1, 0.15) is 42.0 Å². The number of Topliss-reactive ketones (excluding diaryl/α,β-unsaturated/α-hetero) is 1. The number of hydrogen-bond donors (Lipinski definition) is 0. The quantitative estimate of drug-likeness (QED) is 0.687. The molecule has 2 heteroatoms. The number of carbonyl (C=O) groups excluding carboxylic acids is 1. The van der Waals surface area contributed by atoms with Gasteiger partial charge in [0.05, 0.1) is 0 Å². The highest BCUT2D eigenvalue weighted by atomic mass is 16.1. The number of aryl methyl sites for hydroxylation is 2. The first-order valence-electron chi connectivity index (χ1n) is 4.97. The average Bonchev–Trinajstić information content (AvgIpc) is 2.00. The normalized spacial score (nSPS) is 10.6. The molecule has 0 saturated heterocycles. The summed E-state index contributed by atoms with van der Waals surface area (Å²) >= 11 is 0. The van der Waals surface area contributed by atoms with E-state index in [1.165, 1.54) is 0 Å². The van der Waals surface area contributed by atoms with Crippen LogP contribution in [0.15, 0.2) is 12.1 Å². The molecule has 0 saturated carbocycles. The van der Waals surface area contributed by atoms with Crippen LogP contribution in [-0.4, -0.2) is 10.8 Å². The van der Waals surface area contributed by atoms with Crippen molar-refractivity contribution < 1.29 is 4.79 Å². The van der Waals surface area contributed by atoms with Crippen LogP contribution < -0.4 is 0 Å². The predicted molar refractivity (Wildman–Crippen MR) is 57.5 cm³/mol. The van der Waals surface area contributed by atoms with Gasteiger partial charge in [-0.3, -0.25) is 9.78 Å². The second-order valence-electron chi connectivity index (χ2n) is 4.16. The summed E-state index contributed by atoms with van der Waals surface area (Å²) in [4.78, 5) is 16.0. The van der Waals surface area contributed by atoms with Gasteiger partial charge in [0.15, 0.2) is 5.78 Å². The molecule has 0 spiro atoms. The molecule has 0 fully saturated rings. The molecule has 0 radical (unpaired) electrons. The molecule has 76 valence electrons. The van der Waals surface area contributed by atoms with Crippen molar-refractivity contribution in [3.8, 4) is 0 Å². The molecule has 0 N–H and O–H groups in total. The fraction of sp³-hybridized carbons (Fsp3) is 0.500. The fourth-order valence-corrected chi connectivity index (χ4v) is 1.48. The molecule has 1 rings (SSSR count). The van der Waals surface area contributed by atoms with Crippen LogP contribution in [-0.2, 0) is 0 Å². The maximum absolute atomic E-state index is 11.7. The zero-order valence-corrected chi connectivity index (χ0v) is 9.29. The monoisotopic (exact) mass is 191 g/mol. The van der Waals surface area contributed by atoms with Gasteiger partial charge in [-0.1, -0.05) is 13.8 Å². The van der Waals surface area contributed by atoms with E-state index >= 15 is 0 Å². The Balaban J connectivity index is 2.90. The molecular formula is C12H17NO. The third-order valence-electron chi connectivity index (χ3n) is 2.00. The van der Waals surface area contributed by atoms with Crippen molar-refractivity contribution in [1.82, 2.24) is 4.98 Å². The molecule has 1 aromatic heterocycles. The molecule has 0 aliphatic carbocycles. The van der Waals surface area contributed by atoms with Gasteiger partial charge in [0.2, 0.25) is 0 Å². The van der Waals surface area contributed by atoms with E-state index in [0.29, 0.717) is 12.3 Å². The van der Waals surface area contributed by atoms with Crippen LogP contribution >= 0.6 is 0 Å². The van der Waals surface area contributed by atoms with Crippen molar-refractivity contribution >= 4 is 5.78 Å². The summed E-state index contributed by atoms with van der Waals surface area (Å²) in [7, 11) is 0. The van der Waals surface area contributed by atoms with Gasteiger partial charge in [-0.15, -0.1) is 0 Å². The van der Waals surface area contributed by atoms with Gasteiger partial charge in [-0.2, -0.15) is 0 Å². The Kier molecular flexibility index (Phi) is 3.39. The maximum Gasteiger partial charge on any atom is 0.163 e. The van der Waals surface area contributed by atoms with Crippen molar-refractivity contribution in [1.29, 1.82) is 0 Å². The van der Waals surface area contributed by atoms with Crippen molar-refractivity contribution in [2.24, 2.45) is 5.92 Å². The molecular weight excluding hydrogens is 174 g/mol.